The van der Waals surface area contributed by atoms with Gasteiger partial charge >= 0.3 is 5.97 Å². The Balaban J connectivity index is 2.39. The first-order valence-corrected chi connectivity index (χ1v) is 8.16. The van der Waals surface area contributed by atoms with Gasteiger partial charge in [-0.25, -0.2) is 0 Å². The summed E-state index contributed by atoms with van der Waals surface area (Å²) in [5.41, 5.74) is 2.59. The standard InChI is InChI=1S/C18H25N3O2/c1-6-23-17(22)18(12(2)3)7-8-21(11-18)16-9-13(4)20-14(5)15(16)10-19/h9,12H,6-8,11H2,1-5H3. The van der Waals surface area contributed by atoms with Gasteiger partial charge in [-0.15, -0.1) is 0 Å². The van der Waals surface area contributed by atoms with Gasteiger partial charge in [-0.3, -0.25) is 9.78 Å². The lowest BCUT2D eigenvalue weighted by atomic mass is 9.76. The van der Waals surface area contributed by atoms with E-state index >= 15 is 0 Å². The molecule has 5 nitrogen and oxygen atoms in total. The predicted molar refractivity (Wildman–Crippen MR) is 89.2 cm³/mol. The average Bonchev–Trinajstić information content (AvgIpc) is 2.93. The zero-order valence-electron chi connectivity index (χ0n) is 14.6. The lowest BCUT2D eigenvalue weighted by molar-refractivity contribution is -0.156. The first kappa shape index (κ1) is 17.3. The van der Waals surface area contributed by atoms with Crippen LogP contribution in [0.1, 0.15) is 44.1 Å². The number of anilines is 1. The molecule has 1 aromatic heterocycles. The van der Waals surface area contributed by atoms with Crippen LogP contribution in [-0.4, -0.2) is 30.6 Å². The molecule has 0 radical (unpaired) electrons. The molecule has 5 heteroatoms. The molecule has 0 aliphatic carbocycles. The molecule has 124 valence electrons. The van der Waals surface area contributed by atoms with Crippen LogP contribution in [0.3, 0.4) is 0 Å². The normalized spacial score (nSPS) is 20.7. The summed E-state index contributed by atoms with van der Waals surface area (Å²) in [7, 11) is 0. The third-order valence-electron chi connectivity index (χ3n) is 4.85. The van der Waals surface area contributed by atoms with Crippen LogP contribution in [-0.2, 0) is 9.53 Å². The first-order chi connectivity index (χ1) is 10.9. The van der Waals surface area contributed by atoms with Crippen molar-refractivity contribution in [2.45, 2.75) is 41.0 Å². The molecular formula is C18H25N3O2. The van der Waals surface area contributed by atoms with Crippen LogP contribution in [0.5, 0.6) is 0 Å². The summed E-state index contributed by atoms with van der Waals surface area (Å²) < 4.78 is 5.34. The fraction of sp³-hybridized carbons (Fsp3) is 0.611. The first-order valence-electron chi connectivity index (χ1n) is 8.16. The summed E-state index contributed by atoms with van der Waals surface area (Å²) in [6.45, 7) is 11.5. The molecule has 2 rings (SSSR count). The largest absolute Gasteiger partial charge is 0.466 e. The Hall–Kier alpha value is -2.09. The highest BCUT2D eigenvalue weighted by Crippen LogP contribution is 2.41. The second-order valence-corrected chi connectivity index (χ2v) is 6.56. The lowest BCUT2D eigenvalue weighted by Gasteiger charge is -2.31. The minimum absolute atomic E-state index is 0.126. The molecule has 0 aromatic carbocycles. The van der Waals surface area contributed by atoms with Gasteiger partial charge in [0.15, 0.2) is 0 Å². The number of nitrogens with zero attached hydrogens (tertiary/aromatic N) is 3. The van der Waals surface area contributed by atoms with E-state index in [2.05, 4.69) is 29.8 Å². The van der Waals surface area contributed by atoms with Crippen LogP contribution in [0.4, 0.5) is 5.69 Å². The monoisotopic (exact) mass is 315 g/mol. The summed E-state index contributed by atoms with van der Waals surface area (Å²) in [6, 6.07) is 4.20. The van der Waals surface area contributed by atoms with E-state index in [0.717, 1.165) is 30.0 Å². The van der Waals surface area contributed by atoms with Gasteiger partial charge in [0.1, 0.15) is 6.07 Å². The Kier molecular flexibility index (Phi) is 4.93. The summed E-state index contributed by atoms with van der Waals surface area (Å²) in [6.07, 6.45) is 0.745. The summed E-state index contributed by atoms with van der Waals surface area (Å²) in [5.74, 6) is 0.0552. The molecule has 1 aliphatic rings. The number of aryl methyl sites for hydroxylation is 2. The Bertz CT molecular complexity index is 648. The molecule has 0 saturated carbocycles. The molecule has 1 fully saturated rings. The number of hydrogen-bond donors (Lipinski definition) is 0. The summed E-state index contributed by atoms with van der Waals surface area (Å²) >= 11 is 0. The van der Waals surface area contributed by atoms with E-state index in [1.807, 2.05) is 26.8 Å². The predicted octanol–water partition coefficient (Wildman–Crippen LogP) is 2.99. The number of carbonyl (C=O) groups is 1. The molecular weight excluding hydrogens is 290 g/mol. The Morgan fingerprint density at radius 3 is 2.78 bits per heavy atom. The minimum Gasteiger partial charge on any atom is -0.466 e. The van der Waals surface area contributed by atoms with E-state index in [9.17, 15) is 10.1 Å². The lowest BCUT2D eigenvalue weighted by Crippen LogP contribution is -2.40. The van der Waals surface area contributed by atoms with Crippen LogP contribution in [0.2, 0.25) is 0 Å². The number of ether oxygens (including phenoxy) is 1. The zero-order valence-corrected chi connectivity index (χ0v) is 14.6. The molecule has 0 amide bonds. The molecule has 1 aliphatic heterocycles. The van der Waals surface area contributed by atoms with Crippen molar-refractivity contribution in [3.05, 3.63) is 23.0 Å². The van der Waals surface area contributed by atoms with Crippen molar-refractivity contribution >= 4 is 11.7 Å². The fourth-order valence-electron chi connectivity index (χ4n) is 3.38. The van der Waals surface area contributed by atoms with E-state index in [4.69, 9.17) is 4.74 Å². The number of nitriles is 1. The molecule has 0 spiro atoms. The van der Waals surface area contributed by atoms with Gasteiger partial charge < -0.3 is 9.64 Å². The van der Waals surface area contributed by atoms with E-state index in [0.29, 0.717) is 18.7 Å². The maximum atomic E-state index is 12.5. The number of aromatic nitrogens is 1. The molecule has 1 atom stereocenters. The number of carbonyl (C=O) groups excluding carboxylic acids is 1. The average molecular weight is 315 g/mol. The fourth-order valence-corrected chi connectivity index (χ4v) is 3.38. The van der Waals surface area contributed by atoms with Crippen molar-refractivity contribution in [1.29, 1.82) is 5.26 Å². The maximum absolute atomic E-state index is 12.5. The third kappa shape index (κ3) is 3.03. The van der Waals surface area contributed by atoms with Gasteiger partial charge in [-0.05, 0) is 39.2 Å². The van der Waals surface area contributed by atoms with Crippen molar-refractivity contribution in [1.82, 2.24) is 4.98 Å². The van der Waals surface area contributed by atoms with Gasteiger partial charge in [0.05, 0.1) is 29.0 Å². The molecule has 1 unspecified atom stereocenters. The topological polar surface area (TPSA) is 66.2 Å². The van der Waals surface area contributed by atoms with Gasteiger partial charge in [0.25, 0.3) is 0 Å². The third-order valence-corrected chi connectivity index (χ3v) is 4.85. The highest BCUT2D eigenvalue weighted by atomic mass is 16.5. The Morgan fingerprint density at radius 1 is 1.52 bits per heavy atom. The van der Waals surface area contributed by atoms with Gasteiger partial charge in [0.2, 0.25) is 0 Å². The van der Waals surface area contributed by atoms with Crippen LogP contribution in [0.25, 0.3) is 0 Å². The Labute approximate surface area is 138 Å². The quantitative estimate of drug-likeness (QED) is 0.799. The highest BCUT2D eigenvalue weighted by molar-refractivity contribution is 5.79. The van der Waals surface area contributed by atoms with Crippen LogP contribution in [0, 0.1) is 36.5 Å². The Morgan fingerprint density at radius 2 is 2.22 bits per heavy atom. The molecule has 2 heterocycles. The van der Waals surface area contributed by atoms with E-state index in [1.165, 1.54) is 0 Å². The molecule has 0 bridgehead atoms. The van der Waals surface area contributed by atoms with Crippen molar-refractivity contribution in [3.8, 4) is 6.07 Å². The van der Waals surface area contributed by atoms with Crippen molar-refractivity contribution in [2.24, 2.45) is 11.3 Å². The molecule has 1 saturated heterocycles. The summed E-state index contributed by atoms with van der Waals surface area (Å²) in [5, 5.41) is 9.47. The highest BCUT2D eigenvalue weighted by Gasteiger charge is 2.48. The van der Waals surface area contributed by atoms with E-state index in [-0.39, 0.29) is 11.9 Å². The van der Waals surface area contributed by atoms with Crippen molar-refractivity contribution in [2.75, 3.05) is 24.6 Å². The smallest absolute Gasteiger partial charge is 0.314 e. The number of rotatable bonds is 4. The summed E-state index contributed by atoms with van der Waals surface area (Å²) in [4.78, 5) is 19.1. The second kappa shape index (κ2) is 6.57. The molecule has 1 aromatic rings. The van der Waals surface area contributed by atoms with Crippen LogP contribution < -0.4 is 4.90 Å². The van der Waals surface area contributed by atoms with Gasteiger partial charge in [0, 0.05) is 18.8 Å². The van der Waals surface area contributed by atoms with Crippen molar-refractivity contribution in [3.63, 3.8) is 0 Å². The maximum Gasteiger partial charge on any atom is 0.314 e. The van der Waals surface area contributed by atoms with Crippen LogP contribution in [0.15, 0.2) is 6.07 Å². The van der Waals surface area contributed by atoms with E-state index < -0.39 is 5.41 Å². The number of esters is 1. The number of pyridine rings is 1. The van der Waals surface area contributed by atoms with Crippen LogP contribution >= 0.6 is 0 Å². The van der Waals surface area contributed by atoms with Gasteiger partial charge in [-0.2, -0.15) is 5.26 Å². The molecule has 23 heavy (non-hydrogen) atoms. The van der Waals surface area contributed by atoms with Gasteiger partial charge in [-0.1, -0.05) is 13.8 Å². The zero-order chi connectivity index (χ0) is 17.2. The second-order valence-electron chi connectivity index (χ2n) is 6.56. The van der Waals surface area contributed by atoms with E-state index in [1.54, 1.807) is 0 Å². The number of hydrogen-bond acceptors (Lipinski definition) is 5. The molecule has 0 N–H and O–H groups in total. The SMILES string of the molecule is CCOC(=O)C1(C(C)C)CCN(c2cc(C)nc(C)c2C#N)C1. The van der Waals surface area contributed by atoms with Crippen molar-refractivity contribution < 1.29 is 9.53 Å². The minimum atomic E-state index is -0.506.